The fourth-order valence-electron chi connectivity index (χ4n) is 2.17. The maximum Gasteiger partial charge on any atom is 0.253 e. The zero-order valence-corrected chi connectivity index (χ0v) is 10.8. The quantitative estimate of drug-likeness (QED) is 0.775. The molecule has 0 saturated heterocycles. The number of carbonyl (C=O) groups is 1. The van der Waals surface area contributed by atoms with E-state index < -0.39 is 11.6 Å². The van der Waals surface area contributed by atoms with E-state index in [0.29, 0.717) is 12.5 Å². The molecule has 5 heteroatoms. The van der Waals surface area contributed by atoms with Crippen molar-refractivity contribution in [3.63, 3.8) is 0 Å². The summed E-state index contributed by atoms with van der Waals surface area (Å²) in [4.78, 5) is 13.5. The van der Waals surface area contributed by atoms with E-state index in [-0.39, 0.29) is 16.8 Å². The number of hydrogen-bond donors (Lipinski definition) is 0. The minimum atomic E-state index is -0.740. The molecule has 0 radical (unpaired) electrons. The lowest BCUT2D eigenvalue weighted by atomic mass is 9.84. The Hall–Kier alpha value is -1.16. The average Bonchev–Trinajstić information content (AvgIpc) is 2.24. The number of hydrogen-bond acceptors (Lipinski definition) is 1. The molecule has 0 heterocycles. The predicted molar refractivity (Wildman–Crippen MR) is 65.7 cm³/mol. The van der Waals surface area contributed by atoms with Gasteiger partial charge >= 0.3 is 0 Å². The predicted octanol–water partition coefficient (Wildman–Crippen LogP) is 3.05. The van der Waals surface area contributed by atoms with E-state index in [4.69, 9.17) is 11.6 Å². The Labute approximate surface area is 110 Å². The number of halogens is 3. The zero-order chi connectivity index (χ0) is 13.3. The van der Waals surface area contributed by atoms with E-state index in [1.54, 1.807) is 7.05 Å². The van der Waals surface area contributed by atoms with Gasteiger partial charge in [-0.1, -0.05) is 0 Å². The first-order chi connectivity index (χ1) is 8.45. The van der Waals surface area contributed by atoms with Crippen LogP contribution >= 0.6 is 11.6 Å². The second-order valence-electron chi connectivity index (χ2n) is 4.78. The van der Waals surface area contributed by atoms with Crippen molar-refractivity contribution in [2.75, 3.05) is 13.6 Å². The van der Waals surface area contributed by atoms with Gasteiger partial charge in [-0.25, -0.2) is 8.78 Å². The van der Waals surface area contributed by atoms with Crippen LogP contribution in [0.1, 0.15) is 23.2 Å². The first kappa shape index (κ1) is 13.3. The van der Waals surface area contributed by atoms with E-state index in [1.165, 1.54) is 4.90 Å². The summed E-state index contributed by atoms with van der Waals surface area (Å²) in [5.41, 5.74) is 0.0387. The van der Waals surface area contributed by atoms with E-state index in [0.717, 1.165) is 31.0 Å². The van der Waals surface area contributed by atoms with Crippen LogP contribution in [0.4, 0.5) is 8.78 Å². The Morgan fingerprint density at radius 2 is 1.89 bits per heavy atom. The third kappa shape index (κ3) is 2.99. The third-order valence-electron chi connectivity index (χ3n) is 3.17. The largest absolute Gasteiger partial charge is 0.341 e. The summed E-state index contributed by atoms with van der Waals surface area (Å²) in [5.74, 6) is -1.46. The number of carbonyl (C=O) groups excluding carboxylic acids is 1. The SMILES string of the molecule is CN(CC1CC(Cl)C1)C(=O)c1cc(F)cc(F)c1. The highest BCUT2D eigenvalue weighted by atomic mass is 35.5. The molecule has 0 N–H and O–H groups in total. The van der Waals surface area contributed by atoms with Crippen LogP contribution in [0.25, 0.3) is 0 Å². The molecule has 1 aromatic rings. The highest BCUT2D eigenvalue weighted by molar-refractivity contribution is 6.21. The number of amides is 1. The second kappa shape index (κ2) is 5.22. The van der Waals surface area contributed by atoms with Gasteiger partial charge in [0.1, 0.15) is 11.6 Å². The summed E-state index contributed by atoms with van der Waals surface area (Å²) in [7, 11) is 1.63. The van der Waals surface area contributed by atoms with Crippen molar-refractivity contribution in [3.05, 3.63) is 35.4 Å². The van der Waals surface area contributed by atoms with Gasteiger partial charge in [0.15, 0.2) is 0 Å². The summed E-state index contributed by atoms with van der Waals surface area (Å²) < 4.78 is 26.0. The molecule has 98 valence electrons. The van der Waals surface area contributed by atoms with E-state index in [2.05, 4.69) is 0 Å². The van der Waals surface area contributed by atoms with E-state index >= 15 is 0 Å². The van der Waals surface area contributed by atoms with Crippen LogP contribution in [0.3, 0.4) is 0 Å². The van der Waals surface area contributed by atoms with E-state index in [9.17, 15) is 13.6 Å². The molecule has 0 unspecified atom stereocenters. The number of alkyl halides is 1. The van der Waals surface area contributed by atoms with Gasteiger partial charge in [-0.2, -0.15) is 0 Å². The van der Waals surface area contributed by atoms with Crippen LogP contribution < -0.4 is 0 Å². The van der Waals surface area contributed by atoms with E-state index in [1.807, 2.05) is 0 Å². The van der Waals surface area contributed by atoms with Crippen LogP contribution in [0.2, 0.25) is 0 Å². The first-order valence-electron chi connectivity index (χ1n) is 5.81. The lowest BCUT2D eigenvalue weighted by molar-refractivity contribution is 0.0746. The molecule has 2 nitrogen and oxygen atoms in total. The van der Waals surface area contributed by atoms with Crippen molar-refractivity contribution in [1.29, 1.82) is 0 Å². The molecular formula is C13H14ClF2NO. The lowest BCUT2D eigenvalue weighted by Gasteiger charge is -2.34. The fraction of sp³-hybridized carbons (Fsp3) is 0.462. The van der Waals surface area contributed by atoms with Crippen LogP contribution in [0.5, 0.6) is 0 Å². The summed E-state index contributed by atoms with van der Waals surface area (Å²) in [6, 6.07) is 2.85. The molecule has 0 atom stereocenters. The minimum absolute atomic E-state index is 0.0387. The van der Waals surface area contributed by atoms with Gasteiger partial charge in [0.25, 0.3) is 5.91 Å². The first-order valence-corrected chi connectivity index (χ1v) is 6.25. The molecule has 0 aromatic heterocycles. The van der Waals surface area contributed by atoms with Crippen molar-refractivity contribution >= 4 is 17.5 Å². The monoisotopic (exact) mass is 273 g/mol. The number of benzene rings is 1. The molecule has 1 aliphatic carbocycles. The molecule has 1 saturated carbocycles. The van der Waals surface area contributed by atoms with Crippen molar-refractivity contribution in [3.8, 4) is 0 Å². The number of rotatable bonds is 3. The van der Waals surface area contributed by atoms with Crippen molar-refractivity contribution < 1.29 is 13.6 Å². The van der Waals surface area contributed by atoms with Gasteiger partial charge < -0.3 is 4.90 Å². The van der Waals surface area contributed by atoms with Crippen molar-refractivity contribution in [2.24, 2.45) is 5.92 Å². The normalized spacial score (nSPS) is 22.4. The Bertz CT molecular complexity index is 440. The Morgan fingerprint density at radius 3 is 2.39 bits per heavy atom. The maximum atomic E-state index is 13.0. The van der Waals surface area contributed by atoms with Crippen LogP contribution in [-0.4, -0.2) is 29.8 Å². The van der Waals surface area contributed by atoms with Crippen molar-refractivity contribution in [1.82, 2.24) is 4.90 Å². The zero-order valence-electron chi connectivity index (χ0n) is 10.00. The topological polar surface area (TPSA) is 20.3 Å². The average molecular weight is 274 g/mol. The van der Waals surface area contributed by atoms with Crippen LogP contribution in [-0.2, 0) is 0 Å². The molecule has 0 bridgehead atoms. The van der Waals surface area contributed by atoms with Crippen molar-refractivity contribution in [2.45, 2.75) is 18.2 Å². The molecule has 1 aromatic carbocycles. The molecule has 0 spiro atoms. The Kier molecular flexibility index (Phi) is 3.85. The summed E-state index contributed by atoms with van der Waals surface area (Å²) in [6.45, 7) is 0.570. The second-order valence-corrected chi connectivity index (χ2v) is 5.40. The molecule has 1 aliphatic rings. The number of nitrogens with zero attached hydrogens (tertiary/aromatic N) is 1. The summed E-state index contributed by atoms with van der Waals surface area (Å²) in [5, 5.41) is 0.199. The lowest BCUT2D eigenvalue weighted by Crippen LogP contribution is -2.38. The molecule has 2 rings (SSSR count). The smallest absolute Gasteiger partial charge is 0.253 e. The fourth-order valence-corrected chi connectivity index (χ4v) is 2.68. The van der Waals surface area contributed by atoms with Gasteiger partial charge in [0.05, 0.1) is 0 Å². The minimum Gasteiger partial charge on any atom is -0.341 e. The van der Waals surface area contributed by atoms with Gasteiger partial charge in [-0.15, -0.1) is 11.6 Å². The maximum absolute atomic E-state index is 13.0. The molecule has 1 amide bonds. The molecule has 18 heavy (non-hydrogen) atoms. The Balaban J connectivity index is 2.01. The third-order valence-corrected chi connectivity index (χ3v) is 3.52. The summed E-state index contributed by atoms with van der Waals surface area (Å²) in [6.07, 6.45) is 1.77. The summed E-state index contributed by atoms with van der Waals surface area (Å²) >= 11 is 5.86. The molecule has 1 fully saturated rings. The standard InChI is InChI=1S/C13H14ClF2NO/c1-17(7-8-2-10(14)3-8)13(18)9-4-11(15)6-12(16)5-9/h4-6,8,10H,2-3,7H2,1H3. The highest BCUT2D eigenvalue weighted by Crippen LogP contribution is 2.32. The molecular weight excluding hydrogens is 260 g/mol. The van der Waals surface area contributed by atoms with Gasteiger partial charge in [-0.3, -0.25) is 4.79 Å². The van der Waals surface area contributed by atoms with Gasteiger partial charge in [-0.05, 0) is 30.9 Å². The molecule has 0 aliphatic heterocycles. The highest BCUT2D eigenvalue weighted by Gasteiger charge is 2.29. The van der Waals surface area contributed by atoms with Crippen LogP contribution in [0.15, 0.2) is 18.2 Å². The van der Waals surface area contributed by atoms with Gasteiger partial charge in [0.2, 0.25) is 0 Å². The Morgan fingerprint density at radius 1 is 1.33 bits per heavy atom. The van der Waals surface area contributed by atoms with Gasteiger partial charge in [0, 0.05) is 30.6 Å². The van der Waals surface area contributed by atoms with Crippen LogP contribution in [0, 0.1) is 17.6 Å².